The van der Waals surface area contributed by atoms with Gasteiger partial charge in [0.25, 0.3) is 15.9 Å². The number of sulfonamides is 1. The molecule has 0 aliphatic heterocycles. The molecule has 0 heterocycles. The molecule has 0 aliphatic carbocycles. The molecule has 1 amide bonds. The van der Waals surface area contributed by atoms with Gasteiger partial charge in [-0.25, -0.2) is 12.8 Å². The van der Waals surface area contributed by atoms with E-state index in [-0.39, 0.29) is 16.6 Å². The number of carbonyl (C=O) groups is 1. The van der Waals surface area contributed by atoms with Crippen LogP contribution < -0.4 is 10.0 Å². The third-order valence-corrected chi connectivity index (χ3v) is 5.79. The fourth-order valence-electron chi connectivity index (χ4n) is 2.80. The quantitative estimate of drug-likeness (QED) is 0.576. The van der Waals surface area contributed by atoms with Gasteiger partial charge in [-0.15, -0.1) is 0 Å². The number of halogens is 1. The molecule has 0 fully saturated rings. The van der Waals surface area contributed by atoms with E-state index in [0.717, 1.165) is 0 Å². The Morgan fingerprint density at radius 1 is 0.933 bits per heavy atom. The average molecular weight is 427 g/mol. The van der Waals surface area contributed by atoms with Crippen LogP contribution in [-0.2, 0) is 10.0 Å². The zero-order valence-electron chi connectivity index (χ0n) is 16.7. The first kappa shape index (κ1) is 21.5. The van der Waals surface area contributed by atoms with Gasteiger partial charge in [-0.2, -0.15) is 0 Å². The van der Waals surface area contributed by atoms with Crippen LogP contribution in [0.3, 0.4) is 0 Å². The van der Waals surface area contributed by atoms with E-state index in [1.165, 1.54) is 24.3 Å². The van der Waals surface area contributed by atoms with Crippen LogP contribution in [0.1, 0.15) is 24.2 Å². The number of rotatable bonds is 7. The number of nitrogens with one attached hydrogen (secondary N) is 2. The first-order valence-corrected chi connectivity index (χ1v) is 11.0. The molecule has 3 aromatic rings. The summed E-state index contributed by atoms with van der Waals surface area (Å²) >= 11 is 0. The number of anilines is 1. The average Bonchev–Trinajstić information content (AvgIpc) is 2.72. The van der Waals surface area contributed by atoms with Crippen LogP contribution in [0.2, 0.25) is 0 Å². The maximum atomic E-state index is 13.4. The van der Waals surface area contributed by atoms with E-state index in [4.69, 9.17) is 0 Å². The Morgan fingerprint density at radius 2 is 1.60 bits per heavy atom. The van der Waals surface area contributed by atoms with Gasteiger partial charge < -0.3 is 5.32 Å². The fraction of sp³-hybridized carbons (Fsp3) is 0.174. The van der Waals surface area contributed by atoms with Gasteiger partial charge >= 0.3 is 0 Å². The normalized spacial score (nSPS) is 11.3. The molecule has 156 valence electrons. The minimum Gasteiger partial charge on any atom is -0.352 e. The van der Waals surface area contributed by atoms with Crippen molar-refractivity contribution in [1.29, 1.82) is 0 Å². The van der Waals surface area contributed by atoms with E-state index in [1.54, 1.807) is 48.5 Å². The van der Waals surface area contributed by atoms with Crippen LogP contribution in [0.15, 0.2) is 77.7 Å². The van der Waals surface area contributed by atoms with Crippen molar-refractivity contribution in [3.63, 3.8) is 0 Å². The highest BCUT2D eigenvalue weighted by atomic mass is 32.2. The summed E-state index contributed by atoms with van der Waals surface area (Å²) in [5, 5.41) is 2.81. The molecule has 3 aromatic carbocycles. The van der Waals surface area contributed by atoms with Crippen molar-refractivity contribution in [2.24, 2.45) is 5.92 Å². The molecule has 2 N–H and O–H groups in total. The summed E-state index contributed by atoms with van der Waals surface area (Å²) in [7, 11) is -3.80. The molecule has 7 heteroatoms. The third kappa shape index (κ3) is 5.45. The minimum absolute atomic E-state index is 0.0846. The molecule has 0 radical (unpaired) electrons. The maximum Gasteiger partial charge on any atom is 0.261 e. The van der Waals surface area contributed by atoms with Crippen molar-refractivity contribution in [2.45, 2.75) is 18.7 Å². The zero-order valence-corrected chi connectivity index (χ0v) is 17.5. The minimum atomic E-state index is -3.80. The van der Waals surface area contributed by atoms with E-state index in [1.807, 2.05) is 13.8 Å². The summed E-state index contributed by atoms with van der Waals surface area (Å²) in [4.78, 5) is 12.1. The SMILES string of the molecule is CC(C)CNC(=O)c1ccc(NS(=O)(=O)c2ccc(-c3cccc(F)c3)cc2)cc1. The van der Waals surface area contributed by atoms with Crippen LogP contribution in [0.25, 0.3) is 11.1 Å². The molecular formula is C23H23FN2O3S. The van der Waals surface area contributed by atoms with Crippen LogP contribution in [0.5, 0.6) is 0 Å². The van der Waals surface area contributed by atoms with E-state index in [9.17, 15) is 17.6 Å². The lowest BCUT2D eigenvalue weighted by Crippen LogP contribution is -2.27. The molecule has 5 nitrogen and oxygen atoms in total. The molecule has 0 atom stereocenters. The molecule has 3 rings (SSSR count). The summed E-state index contributed by atoms with van der Waals surface area (Å²) < 4.78 is 41.2. The molecule has 0 unspecified atom stereocenters. The molecule has 0 aliphatic rings. The zero-order chi connectivity index (χ0) is 21.7. The Balaban J connectivity index is 1.71. The van der Waals surface area contributed by atoms with Gasteiger partial charge in [0.1, 0.15) is 5.82 Å². The van der Waals surface area contributed by atoms with Gasteiger partial charge in [0.2, 0.25) is 0 Å². The van der Waals surface area contributed by atoms with E-state index >= 15 is 0 Å². The third-order valence-electron chi connectivity index (χ3n) is 4.39. The van der Waals surface area contributed by atoms with Crippen LogP contribution in [0.4, 0.5) is 10.1 Å². The Labute approximate surface area is 176 Å². The van der Waals surface area contributed by atoms with Gasteiger partial charge in [0, 0.05) is 17.8 Å². The number of carbonyl (C=O) groups excluding carboxylic acids is 1. The summed E-state index contributed by atoms with van der Waals surface area (Å²) in [6.07, 6.45) is 0. The van der Waals surface area contributed by atoms with Crippen molar-refractivity contribution >= 4 is 21.6 Å². The highest BCUT2D eigenvalue weighted by Crippen LogP contribution is 2.23. The van der Waals surface area contributed by atoms with Gasteiger partial charge in [-0.05, 0) is 65.6 Å². The van der Waals surface area contributed by atoms with Crippen molar-refractivity contribution in [2.75, 3.05) is 11.3 Å². The van der Waals surface area contributed by atoms with E-state index < -0.39 is 10.0 Å². The molecule has 0 spiro atoms. The monoisotopic (exact) mass is 426 g/mol. The number of hydrogen-bond acceptors (Lipinski definition) is 3. The molecule has 0 saturated carbocycles. The smallest absolute Gasteiger partial charge is 0.261 e. The first-order chi connectivity index (χ1) is 14.2. The van der Waals surface area contributed by atoms with Crippen LogP contribution in [-0.4, -0.2) is 20.9 Å². The van der Waals surface area contributed by atoms with Crippen LogP contribution >= 0.6 is 0 Å². The predicted octanol–water partition coefficient (Wildman–Crippen LogP) is 4.68. The molecule has 0 bridgehead atoms. The standard InChI is InChI=1S/C23H23FN2O3S/c1-16(2)15-25-23(27)18-6-10-21(11-7-18)26-30(28,29)22-12-8-17(9-13-22)19-4-3-5-20(24)14-19/h3-14,16,26H,15H2,1-2H3,(H,25,27). The van der Waals surface area contributed by atoms with Crippen molar-refractivity contribution in [3.05, 3.63) is 84.2 Å². The molecule has 0 aromatic heterocycles. The second kappa shape index (κ2) is 9.09. The highest BCUT2D eigenvalue weighted by Gasteiger charge is 2.15. The predicted molar refractivity (Wildman–Crippen MR) is 116 cm³/mol. The lowest BCUT2D eigenvalue weighted by atomic mass is 10.1. The summed E-state index contributed by atoms with van der Waals surface area (Å²) in [5.41, 5.74) is 2.19. The summed E-state index contributed by atoms with van der Waals surface area (Å²) in [6, 6.07) is 18.5. The van der Waals surface area contributed by atoms with Crippen molar-refractivity contribution < 1.29 is 17.6 Å². The molecule has 30 heavy (non-hydrogen) atoms. The van der Waals surface area contributed by atoms with Gasteiger partial charge in [0.05, 0.1) is 4.90 Å². The van der Waals surface area contributed by atoms with Crippen LogP contribution in [0, 0.1) is 11.7 Å². The van der Waals surface area contributed by atoms with E-state index in [0.29, 0.717) is 34.8 Å². The Morgan fingerprint density at radius 3 is 2.20 bits per heavy atom. The lowest BCUT2D eigenvalue weighted by Gasteiger charge is -2.11. The van der Waals surface area contributed by atoms with Crippen molar-refractivity contribution in [1.82, 2.24) is 5.32 Å². The Kier molecular flexibility index (Phi) is 6.52. The highest BCUT2D eigenvalue weighted by molar-refractivity contribution is 7.92. The second-order valence-electron chi connectivity index (χ2n) is 7.32. The number of benzene rings is 3. The lowest BCUT2D eigenvalue weighted by molar-refractivity contribution is 0.0949. The number of amides is 1. The Bertz CT molecular complexity index is 1130. The fourth-order valence-corrected chi connectivity index (χ4v) is 3.86. The maximum absolute atomic E-state index is 13.4. The first-order valence-electron chi connectivity index (χ1n) is 9.52. The van der Waals surface area contributed by atoms with Crippen molar-refractivity contribution in [3.8, 4) is 11.1 Å². The molecule has 0 saturated heterocycles. The van der Waals surface area contributed by atoms with Gasteiger partial charge in [-0.3, -0.25) is 9.52 Å². The topological polar surface area (TPSA) is 75.3 Å². The second-order valence-corrected chi connectivity index (χ2v) is 9.00. The van der Waals surface area contributed by atoms with E-state index in [2.05, 4.69) is 10.0 Å². The summed E-state index contributed by atoms with van der Waals surface area (Å²) in [6.45, 7) is 4.57. The van der Waals surface area contributed by atoms with Gasteiger partial charge in [0.15, 0.2) is 0 Å². The number of hydrogen-bond donors (Lipinski definition) is 2. The summed E-state index contributed by atoms with van der Waals surface area (Å²) in [5.74, 6) is -0.217. The largest absolute Gasteiger partial charge is 0.352 e. The molecular weight excluding hydrogens is 403 g/mol. The van der Waals surface area contributed by atoms with Gasteiger partial charge in [-0.1, -0.05) is 38.1 Å². The Hall–Kier alpha value is -3.19.